The van der Waals surface area contributed by atoms with Gasteiger partial charge in [-0.1, -0.05) is 43.7 Å². The highest BCUT2D eigenvalue weighted by Gasteiger charge is 2.32. The van der Waals surface area contributed by atoms with Gasteiger partial charge in [0.25, 0.3) is 10.0 Å². The molecule has 0 saturated heterocycles. The van der Waals surface area contributed by atoms with E-state index in [4.69, 9.17) is 9.47 Å². The predicted molar refractivity (Wildman–Crippen MR) is 155 cm³/mol. The molecule has 0 aliphatic heterocycles. The summed E-state index contributed by atoms with van der Waals surface area (Å²) in [4.78, 5) is 28.4. The standard InChI is InChI=1S/C30H37N3O6S/c1-5-6-20-31-30(35)23(2)32(21-24-12-16-26(38-3)17-13-24)29(34)22-33(25-14-18-27(39-4)19-15-25)40(36,37)28-10-8-7-9-11-28/h7-19,23H,5-6,20-22H2,1-4H3,(H,31,35)/t23-/m0/s1. The molecule has 0 heterocycles. The number of ether oxygens (including phenoxy) is 2. The number of unbranched alkanes of at least 4 members (excludes halogenated alkanes) is 1. The summed E-state index contributed by atoms with van der Waals surface area (Å²) in [6, 6.07) is 20.7. The van der Waals surface area contributed by atoms with E-state index >= 15 is 0 Å². The molecule has 1 N–H and O–H groups in total. The van der Waals surface area contributed by atoms with Gasteiger partial charge in [-0.25, -0.2) is 8.42 Å². The zero-order valence-electron chi connectivity index (χ0n) is 23.4. The molecule has 3 rings (SSSR count). The van der Waals surface area contributed by atoms with Crippen LogP contribution in [-0.4, -0.2) is 58.5 Å². The number of benzene rings is 3. The third kappa shape index (κ3) is 7.75. The molecular formula is C30H37N3O6S. The van der Waals surface area contributed by atoms with E-state index in [0.29, 0.717) is 23.7 Å². The average molecular weight is 568 g/mol. The number of rotatable bonds is 14. The second-order valence-corrected chi connectivity index (χ2v) is 11.1. The van der Waals surface area contributed by atoms with E-state index in [-0.39, 0.29) is 17.3 Å². The topological polar surface area (TPSA) is 105 Å². The minimum atomic E-state index is -4.12. The number of nitrogens with one attached hydrogen (secondary N) is 1. The van der Waals surface area contributed by atoms with Gasteiger partial charge < -0.3 is 19.7 Å². The molecule has 3 aromatic rings. The predicted octanol–water partition coefficient (Wildman–Crippen LogP) is 4.23. The number of sulfonamides is 1. The van der Waals surface area contributed by atoms with Crippen molar-refractivity contribution >= 4 is 27.5 Å². The Morgan fingerprint density at radius 3 is 2.00 bits per heavy atom. The van der Waals surface area contributed by atoms with Crippen LogP contribution in [0.5, 0.6) is 11.5 Å². The lowest BCUT2D eigenvalue weighted by atomic mass is 10.1. The van der Waals surface area contributed by atoms with Crippen LogP contribution in [0.4, 0.5) is 5.69 Å². The highest BCUT2D eigenvalue weighted by atomic mass is 32.2. The van der Waals surface area contributed by atoms with E-state index in [1.54, 1.807) is 68.6 Å². The lowest BCUT2D eigenvalue weighted by Gasteiger charge is -2.32. The molecule has 0 saturated carbocycles. The van der Waals surface area contributed by atoms with Gasteiger partial charge in [-0.05, 0) is 67.4 Å². The number of hydrogen-bond donors (Lipinski definition) is 1. The summed E-state index contributed by atoms with van der Waals surface area (Å²) in [5.74, 6) is 0.374. The van der Waals surface area contributed by atoms with Gasteiger partial charge in [-0.15, -0.1) is 0 Å². The summed E-state index contributed by atoms with van der Waals surface area (Å²) in [6.45, 7) is 3.76. The normalized spacial score (nSPS) is 11.8. The fraction of sp³-hybridized carbons (Fsp3) is 0.333. The lowest BCUT2D eigenvalue weighted by Crippen LogP contribution is -2.51. The minimum Gasteiger partial charge on any atom is -0.497 e. The van der Waals surface area contributed by atoms with Crippen molar-refractivity contribution in [2.24, 2.45) is 0 Å². The molecule has 40 heavy (non-hydrogen) atoms. The van der Waals surface area contributed by atoms with Crippen molar-refractivity contribution in [3.8, 4) is 11.5 Å². The smallest absolute Gasteiger partial charge is 0.264 e. The quantitative estimate of drug-likeness (QED) is 0.292. The third-order valence-corrected chi connectivity index (χ3v) is 8.27. The number of hydrogen-bond acceptors (Lipinski definition) is 6. The molecular weight excluding hydrogens is 530 g/mol. The van der Waals surface area contributed by atoms with Gasteiger partial charge in [0.1, 0.15) is 24.1 Å². The van der Waals surface area contributed by atoms with Crippen LogP contribution in [0.1, 0.15) is 32.3 Å². The molecule has 3 aromatic carbocycles. The lowest BCUT2D eigenvalue weighted by molar-refractivity contribution is -0.139. The molecule has 0 aliphatic rings. The Kier molecular flexibility index (Phi) is 11.0. The number of amides is 2. The highest BCUT2D eigenvalue weighted by Crippen LogP contribution is 2.26. The Balaban J connectivity index is 1.98. The maximum Gasteiger partial charge on any atom is 0.264 e. The molecule has 0 unspecified atom stereocenters. The largest absolute Gasteiger partial charge is 0.497 e. The van der Waals surface area contributed by atoms with Crippen LogP contribution in [0.25, 0.3) is 0 Å². The summed E-state index contributed by atoms with van der Waals surface area (Å²) in [7, 11) is -1.04. The number of carbonyl (C=O) groups is 2. The molecule has 0 aliphatic carbocycles. The first-order valence-corrected chi connectivity index (χ1v) is 14.6. The maximum atomic E-state index is 13.9. The summed E-state index contributed by atoms with van der Waals surface area (Å²) >= 11 is 0. The molecule has 0 bridgehead atoms. The molecule has 10 heteroatoms. The highest BCUT2D eigenvalue weighted by molar-refractivity contribution is 7.92. The molecule has 1 atom stereocenters. The molecule has 0 spiro atoms. The van der Waals surface area contributed by atoms with E-state index in [1.807, 2.05) is 19.1 Å². The molecule has 214 valence electrons. The Bertz CT molecular complexity index is 1350. The SMILES string of the molecule is CCCCNC(=O)[C@H](C)N(Cc1ccc(OC)cc1)C(=O)CN(c1ccc(OC)cc1)S(=O)(=O)c1ccccc1. The Hall–Kier alpha value is -4.05. The van der Waals surface area contributed by atoms with Crippen molar-refractivity contribution < 1.29 is 27.5 Å². The number of carbonyl (C=O) groups excluding carboxylic acids is 2. The zero-order valence-corrected chi connectivity index (χ0v) is 24.2. The van der Waals surface area contributed by atoms with Crippen molar-refractivity contribution in [2.45, 2.75) is 44.2 Å². The maximum absolute atomic E-state index is 13.9. The molecule has 2 amide bonds. The van der Waals surface area contributed by atoms with E-state index in [0.717, 1.165) is 22.7 Å². The van der Waals surface area contributed by atoms with Gasteiger partial charge in [0.05, 0.1) is 24.8 Å². The first-order chi connectivity index (χ1) is 19.2. The van der Waals surface area contributed by atoms with Crippen LogP contribution in [0.3, 0.4) is 0 Å². The van der Waals surface area contributed by atoms with E-state index in [1.165, 1.54) is 24.1 Å². The summed E-state index contributed by atoms with van der Waals surface area (Å²) in [5.41, 5.74) is 1.06. The van der Waals surface area contributed by atoms with E-state index in [9.17, 15) is 18.0 Å². The van der Waals surface area contributed by atoms with Crippen molar-refractivity contribution in [3.05, 3.63) is 84.4 Å². The van der Waals surface area contributed by atoms with Crippen LogP contribution in [0.15, 0.2) is 83.8 Å². The van der Waals surface area contributed by atoms with Crippen LogP contribution >= 0.6 is 0 Å². The van der Waals surface area contributed by atoms with Crippen molar-refractivity contribution in [3.63, 3.8) is 0 Å². The van der Waals surface area contributed by atoms with Gasteiger partial charge in [0.15, 0.2) is 0 Å². The van der Waals surface area contributed by atoms with Crippen molar-refractivity contribution in [1.29, 1.82) is 0 Å². The van der Waals surface area contributed by atoms with E-state index < -0.39 is 28.5 Å². The Morgan fingerprint density at radius 1 is 0.875 bits per heavy atom. The van der Waals surface area contributed by atoms with Gasteiger partial charge in [-0.2, -0.15) is 0 Å². The van der Waals surface area contributed by atoms with Crippen molar-refractivity contribution in [1.82, 2.24) is 10.2 Å². The molecule has 0 fully saturated rings. The molecule has 0 aromatic heterocycles. The van der Waals surface area contributed by atoms with Crippen LogP contribution in [-0.2, 0) is 26.2 Å². The van der Waals surface area contributed by atoms with Gasteiger partial charge in [0.2, 0.25) is 11.8 Å². The minimum absolute atomic E-state index is 0.0469. The Morgan fingerprint density at radius 2 is 1.45 bits per heavy atom. The first kappa shape index (κ1) is 30.5. The fourth-order valence-corrected chi connectivity index (χ4v) is 5.48. The third-order valence-electron chi connectivity index (χ3n) is 6.48. The summed E-state index contributed by atoms with van der Waals surface area (Å²) in [6.07, 6.45) is 1.72. The number of nitrogens with zero attached hydrogens (tertiary/aromatic N) is 2. The van der Waals surface area contributed by atoms with E-state index in [2.05, 4.69) is 5.32 Å². The number of anilines is 1. The van der Waals surface area contributed by atoms with Crippen LogP contribution in [0.2, 0.25) is 0 Å². The Labute approximate surface area is 236 Å². The second-order valence-electron chi connectivity index (χ2n) is 9.21. The first-order valence-electron chi connectivity index (χ1n) is 13.1. The van der Waals surface area contributed by atoms with Gasteiger partial charge >= 0.3 is 0 Å². The summed E-state index contributed by atoms with van der Waals surface area (Å²) in [5, 5.41) is 2.88. The van der Waals surface area contributed by atoms with Crippen LogP contribution < -0.4 is 19.1 Å². The number of methoxy groups -OCH3 is 2. The summed E-state index contributed by atoms with van der Waals surface area (Å²) < 4.78 is 39.1. The zero-order chi connectivity index (χ0) is 29.1. The second kappa shape index (κ2) is 14.4. The van der Waals surface area contributed by atoms with Crippen molar-refractivity contribution in [2.75, 3.05) is 31.6 Å². The molecule has 9 nitrogen and oxygen atoms in total. The fourth-order valence-electron chi connectivity index (χ4n) is 4.04. The van der Waals surface area contributed by atoms with Gasteiger partial charge in [-0.3, -0.25) is 13.9 Å². The van der Waals surface area contributed by atoms with Gasteiger partial charge in [0, 0.05) is 13.1 Å². The molecule has 0 radical (unpaired) electrons. The monoisotopic (exact) mass is 567 g/mol. The van der Waals surface area contributed by atoms with Crippen LogP contribution in [0, 0.1) is 0 Å². The average Bonchev–Trinajstić information content (AvgIpc) is 2.99.